The molecule has 0 radical (unpaired) electrons. The summed E-state index contributed by atoms with van der Waals surface area (Å²) >= 11 is 0. The SMILES string of the molecule is O=C(O)COCCOCCNC(=O)CCC(=O)N1Cc2ccccc2C#Cc2ccccc21. The molecule has 0 spiro atoms. The van der Waals surface area contributed by atoms with E-state index >= 15 is 0 Å². The van der Waals surface area contributed by atoms with E-state index in [4.69, 9.17) is 14.6 Å². The Morgan fingerprint density at radius 1 is 0.909 bits per heavy atom. The number of fused-ring (bicyclic) bond motifs is 2. The highest BCUT2D eigenvalue weighted by Gasteiger charge is 2.21. The number of carboxylic acids is 1. The average Bonchev–Trinajstić information content (AvgIpc) is 2.80. The van der Waals surface area contributed by atoms with Gasteiger partial charge in [0.1, 0.15) is 6.61 Å². The van der Waals surface area contributed by atoms with Gasteiger partial charge < -0.3 is 24.8 Å². The zero-order chi connectivity index (χ0) is 23.5. The van der Waals surface area contributed by atoms with Crippen molar-refractivity contribution in [3.8, 4) is 11.8 Å². The number of nitrogens with zero attached hydrogens (tertiary/aromatic N) is 1. The molecule has 33 heavy (non-hydrogen) atoms. The third-order valence-electron chi connectivity index (χ3n) is 4.91. The van der Waals surface area contributed by atoms with Crippen molar-refractivity contribution in [1.29, 1.82) is 0 Å². The van der Waals surface area contributed by atoms with Gasteiger partial charge in [-0.15, -0.1) is 0 Å². The Morgan fingerprint density at radius 2 is 1.61 bits per heavy atom. The van der Waals surface area contributed by atoms with Gasteiger partial charge in [-0.3, -0.25) is 9.59 Å². The van der Waals surface area contributed by atoms with Gasteiger partial charge >= 0.3 is 5.97 Å². The summed E-state index contributed by atoms with van der Waals surface area (Å²) in [5.41, 5.74) is 3.36. The van der Waals surface area contributed by atoms with Crippen LogP contribution in [0.25, 0.3) is 0 Å². The Labute approximate surface area is 192 Å². The molecule has 2 aromatic rings. The molecule has 0 saturated carbocycles. The van der Waals surface area contributed by atoms with Crippen molar-refractivity contribution >= 4 is 23.5 Å². The molecule has 3 rings (SSSR count). The molecular formula is C25H26N2O6. The summed E-state index contributed by atoms with van der Waals surface area (Å²) in [5.74, 6) is 4.91. The normalized spacial score (nSPS) is 11.8. The Hall–Kier alpha value is -3.67. The van der Waals surface area contributed by atoms with Crippen LogP contribution in [0, 0.1) is 11.8 Å². The number of nitrogens with one attached hydrogen (secondary N) is 1. The number of carbonyl (C=O) groups excluding carboxylic acids is 2. The number of benzene rings is 2. The van der Waals surface area contributed by atoms with Crippen LogP contribution < -0.4 is 10.2 Å². The van der Waals surface area contributed by atoms with Crippen LogP contribution in [0.2, 0.25) is 0 Å². The number of hydrogen-bond acceptors (Lipinski definition) is 5. The van der Waals surface area contributed by atoms with Gasteiger partial charge in [-0.1, -0.05) is 42.2 Å². The maximum absolute atomic E-state index is 13.1. The third kappa shape index (κ3) is 7.45. The molecule has 0 fully saturated rings. The number of carboxylic acid groups (broad SMARTS) is 1. The molecule has 8 heteroatoms. The lowest BCUT2D eigenvalue weighted by molar-refractivity contribution is -0.142. The van der Waals surface area contributed by atoms with Crippen LogP contribution in [0.1, 0.15) is 29.5 Å². The molecule has 0 aromatic heterocycles. The predicted molar refractivity (Wildman–Crippen MR) is 122 cm³/mol. The smallest absolute Gasteiger partial charge is 0.329 e. The first-order valence-corrected chi connectivity index (χ1v) is 10.7. The Morgan fingerprint density at radius 3 is 2.42 bits per heavy atom. The van der Waals surface area contributed by atoms with E-state index < -0.39 is 5.97 Å². The second-order valence-corrected chi connectivity index (χ2v) is 7.31. The quantitative estimate of drug-likeness (QED) is 0.401. The summed E-state index contributed by atoms with van der Waals surface area (Å²) in [6.45, 7) is 0.986. The largest absolute Gasteiger partial charge is 0.480 e. The van der Waals surface area contributed by atoms with E-state index in [0.29, 0.717) is 13.1 Å². The zero-order valence-electron chi connectivity index (χ0n) is 18.2. The number of rotatable bonds is 11. The minimum absolute atomic E-state index is 0.0621. The van der Waals surface area contributed by atoms with Gasteiger partial charge in [0.05, 0.1) is 32.1 Å². The summed E-state index contributed by atoms with van der Waals surface area (Å²) in [6.07, 6.45) is 0.131. The van der Waals surface area contributed by atoms with Crippen molar-refractivity contribution in [2.24, 2.45) is 0 Å². The van der Waals surface area contributed by atoms with Gasteiger partial charge in [-0.05, 0) is 23.8 Å². The fraction of sp³-hybridized carbons (Fsp3) is 0.320. The number of aliphatic carboxylic acids is 1. The zero-order valence-corrected chi connectivity index (χ0v) is 18.2. The van der Waals surface area contributed by atoms with Crippen LogP contribution in [0.15, 0.2) is 48.5 Å². The standard InChI is InChI=1S/C25H26N2O6/c28-23(26-13-14-32-15-16-33-18-25(30)31)11-12-24(29)27-17-21-7-2-1-5-19(21)9-10-20-6-3-4-8-22(20)27/h1-8H,11-18H2,(H,26,28)(H,30,31). The summed E-state index contributed by atoms with van der Waals surface area (Å²) in [7, 11) is 0. The summed E-state index contributed by atoms with van der Waals surface area (Å²) in [5, 5.41) is 11.2. The minimum Gasteiger partial charge on any atom is -0.480 e. The molecule has 0 aliphatic carbocycles. The first-order valence-electron chi connectivity index (χ1n) is 10.7. The van der Waals surface area contributed by atoms with E-state index in [0.717, 1.165) is 22.4 Å². The van der Waals surface area contributed by atoms with Gasteiger partial charge in [0.2, 0.25) is 11.8 Å². The molecule has 1 aliphatic rings. The van der Waals surface area contributed by atoms with E-state index in [1.54, 1.807) is 4.90 Å². The van der Waals surface area contributed by atoms with Gasteiger partial charge in [-0.25, -0.2) is 4.79 Å². The Bertz CT molecular complexity index is 1060. The fourth-order valence-electron chi connectivity index (χ4n) is 3.29. The number of carbonyl (C=O) groups is 3. The van der Waals surface area contributed by atoms with Gasteiger partial charge in [0, 0.05) is 30.5 Å². The van der Waals surface area contributed by atoms with E-state index in [9.17, 15) is 14.4 Å². The van der Waals surface area contributed by atoms with Crippen LogP contribution in [-0.2, 0) is 30.4 Å². The first kappa shape index (κ1) is 24.0. The number of hydrogen-bond donors (Lipinski definition) is 2. The van der Waals surface area contributed by atoms with Crippen LogP contribution in [-0.4, -0.2) is 55.9 Å². The lowest BCUT2D eigenvalue weighted by Gasteiger charge is -2.26. The highest BCUT2D eigenvalue weighted by atomic mass is 16.5. The molecule has 2 amide bonds. The summed E-state index contributed by atoms with van der Waals surface area (Å²) in [6, 6.07) is 15.2. The maximum atomic E-state index is 13.1. The van der Waals surface area contributed by atoms with Crippen LogP contribution >= 0.6 is 0 Å². The Balaban J connectivity index is 1.48. The second kappa shape index (κ2) is 12.4. The number of para-hydroxylation sites is 1. The third-order valence-corrected chi connectivity index (χ3v) is 4.91. The van der Waals surface area contributed by atoms with Crippen LogP contribution in [0.4, 0.5) is 5.69 Å². The molecule has 2 N–H and O–H groups in total. The van der Waals surface area contributed by atoms with Crippen molar-refractivity contribution in [1.82, 2.24) is 5.32 Å². The van der Waals surface area contributed by atoms with Crippen molar-refractivity contribution < 1.29 is 29.0 Å². The van der Waals surface area contributed by atoms with E-state index in [1.807, 2.05) is 48.5 Å². The van der Waals surface area contributed by atoms with Gasteiger partial charge in [0.25, 0.3) is 0 Å². The molecule has 1 heterocycles. The van der Waals surface area contributed by atoms with Crippen molar-refractivity contribution in [3.63, 3.8) is 0 Å². The van der Waals surface area contributed by atoms with Crippen molar-refractivity contribution in [2.75, 3.05) is 37.9 Å². The monoisotopic (exact) mass is 450 g/mol. The van der Waals surface area contributed by atoms with E-state index in [2.05, 4.69) is 17.2 Å². The Kier molecular flexibility index (Phi) is 9.00. The van der Waals surface area contributed by atoms with Gasteiger partial charge in [-0.2, -0.15) is 0 Å². The molecule has 0 bridgehead atoms. The highest BCUT2D eigenvalue weighted by Crippen LogP contribution is 2.26. The van der Waals surface area contributed by atoms with Crippen LogP contribution in [0.5, 0.6) is 0 Å². The maximum Gasteiger partial charge on any atom is 0.329 e. The topological polar surface area (TPSA) is 105 Å². The lowest BCUT2D eigenvalue weighted by Crippen LogP contribution is -2.34. The highest BCUT2D eigenvalue weighted by molar-refractivity contribution is 5.96. The minimum atomic E-state index is -1.03. The summed E-state index contributed by atoms with van der Waals surface area (Å²) < 4.78 is 10.1. The number of anilines is 1. The number of ether oxygens (including phenoxy) is 2. The van der Waals surface area contributed by atoms with E-state index in [-0.39, 0.29) is 51.1 Å². The lowest BCUT2D eigenvalue weighted by atomic mass is 10.0. The summed E-state index contributed by atoms with van der Waals surface area (Å²) in [4.78, 5) is 37.3. The molecule has 172 valence electrons. The molecule has 0 saturated heterocycles. The van der Waals surface area contributed by atoms with Gasteiger partial charge in [0.15, 0.2) is 0 Å². The predicted octanol–water partition coefficient (Wildman–Crippen LogP) is 1.95. The molecular weight excluding hydrogens is 424 g/mol. The molecule has 0 atom stereocenters. The number of amides is 2. The first-order chi connectivity index (χ1) is 16.0. The molecule has 0 unspecified atom stereocenters. The van der Waals surface area contributed by atoms with Crippen LogP contribution in [0.3, 0.4) is 0 Å². The fourth-order valence-corrected chi connectivity index (χ4v) is 3.29. The van der Waals surface area contributed by atoms with Crippen molar-refractivity contribution in [2.45, 2.75) is 19.4 Å². The molecule has 8 nitrogen and oxygen atoms in total. The molecule has 2 aromatic carbocycles. The average molecular weight is 450 g/mol. The molecule has 1 aliphatic heterocycles. The van der Waals surface area contributed by atoms with E-state index in [1.165, 1.54) is 0 Å². The van der Waals surface area contributed by atoms with Crippen molar-refractivity contribution in [3.05, 3.63) is 65.2 Å². The second-order valence-electron chi connectivity index (χ2n) is 7.31.